The van der Waals surface area contributed by atoms with Gasteiger partial charge in [0.2, 0.25) is 0 Å². The first-order valence-corrected chi connectivity index (χ1v) is 6.03. The summed E-state index contributed by atoms with van der Waals surface area (Å²) in [4.78, 5) is 24.8. The van der Waals surface area contributed by atoms with E-state index in [2.05, 4.69) is 15.0 Å². The first-order valence-electron chi connectivity index (χ1n) is 4.80. The van der Waals surface area contributed by atoms with Crippen molar-refractivity contribution in [3.8, 4) is 0 Å². The molecule has 0 N–H and O–H groups in total. The van der Waals surface area contributed by atoms with Gasteiger partial charge in [0.25, 0.3) is 5.56 Å². The smallest absolute Gasteiger partial charge is 0.282 e. The number of fused-ring (bicyclic) bond motifs is 1. The summed E-state index contributed by atoms with van der Waals surface area (Å²) in [5.74, 6) is 0. The van der Waals surface area contributed by atoms with Crippen LogP contribution in [0, 0.1) is 13.8 Å². The number of hydrogen-bond acceptors (Lipinski definition) is 5. The molecular formula is C10H12N4OS. The largest absolute Gasteiger partial charge is 0.289 e. The van der Waals surface area contributed by atoms with Crippen LogP contribution < -0.4 is 5.56 Å². The molecule has 16 heavy (non-hydrogen) atoms. The van der Waals surface area contributed by atoms with Crippen LogP contribution in [0.3, 0.4) is 0 Å². The van der Waals surface area contributed by atoms with Crippen molar-refractivity contribution >= 4 is 22.9 Å². The Morgan fingerprint density at radius 2 is 1.75 bits per heavy atom. The van der Waals surface area contributed by atoms with E-state index >= 15 is 0 Å². The highest BCUT2D eigenvalue weighted by atomic mass is 32.2. The highest BCUT2D eigenvalue weighted by molar-refractivity contribution is 7.98. The van der Waals surface area contributed by atoms with Crippen LogP contribution >= 0.6 is 11.8 Å². The van der Waals surface area contributed by atoms with E-state index in [4.69, 9.17) is 0 Å². The Labute approximate surface area is 96.9 Å². The van der Waals surface area contributed by atoms with Crippen LogP contribution in [0.25, 0.3) is 11.2 Å². The molecule has 0 atom stereocenters. The molecule has 0 saturated carbocycles. The van der Waals surface area contributed by atoms with Crippen LogP contribution in [0.2, 0.25) is 0 Å². The molecule has 6 heteroatoms. The van der Waals surface area contributed by atoms with E-state index in [1.807, 2.05) is 20.1 Å². The quantitative estimate of drug-likeness (QED) is 0.547. The van der Waals surface area contributed by atoms with E-state index in [0.29, 0.717) is 16.3 Å². The number of aryl methyl sites for hydroxylation is 2. The molecule has 0 amide bonds. The van der Waals surface area contributed by atoms with Gasteiger partial charge in [-0.15, -0.1) is 0 Å². The molecular weight excluding hydrogens is 224 g/mol. The predicted octanol–water partition coefficient (Wildman–Crippen LogP) is 1.06. The third kappa shape index (κ3) is 1.59. The molecule has 0 fully saturated rings. The number of aromatic nitrogens is 4. The molecule has 0 unspecified atom stereocenters. The van der Waals surface area contributed by atoms with Gasteiger partial charge >= 0.3 is 0 Å². The summed E-state index contributed by atoms with van der Waals surface area (Å²) < 4.78 is 1.50. The summed E-state index contributed by atoms with van der Waals surface area (Å²) in [5, 5.41) is 0.648. The van der Waals surface area contributed by atoms with Gasteiger partial charge in [-0.3, -0.25) is 9.36 Å². The predicted molar refractivity (Wildman–Crippen MR) is 63.8 cm³/mol. The molecule has 2 heterocycles. The molecule has 0 spiro atoms. The van der Waals surface area contributed by atoms with Crippen LogP contribution in [0.5, 0.6) is 0 Å². The number of rotatable bonds is 1. The van der Waals surface area contributed by atoms with Gasteiger partial charge in [-0.1, -0.05) is 11.8 Å². The number of thioether (sulfide) groups is 1. The van der Waals surface area contributed by atoms with Gasteiger partial charge in [-0.05, 0) is 20.1 Å². The molecule has 0 aromatic carbocycles. The van der Waals surface area contributed by atoms with Crippen molar-refractivity contribution in [2.45, 2.75) is 19.0 Å². The van der Waals surface area contributed by atoms with Gasteiger partial charge in [-0.2, -0.15) is 0 Å². The summed E-state index contributed by atoms with van der Waals surface area (Å²) in [6, 6.07) is 0. The third-order valence-electron chi connectivity index (χ3n) is 2.47. The van der Waals surface area contributed by atoms with Crippen LogP contribution in [-0.2, 0) is 7.05 Å². The average molecular weight is 236 g/mol. The Hall–Kier alpha value is -1.43. The highest BCUT2D eigenvalue weighted by Crippen LogP contribution is 2.12. The molecule has 2 aromatic heterocycles. The molecule has 2 aromatic rings. The molecule has 84 valence electrons. The molecule has 0 radical (unpaired) electrons. The van der Waals surface area contributed by atoms with Crippen LogP contribution in [0.4, 0.5) is 0 Å². The second-order valence-electron chi connectivity index (χ2n) is 3.53. The van der Waals surface area contributed by atoms with Gasteiger partial charge in [0, 0.05) is 7.05 Å². The van der Waals surface area contributed by atoms with Crippen molar-refractivity contribution in [1.29, 1.82) is 0 Å². The minimum absolute atomic E-state index is 0.148. The lowest BCUT2D eigenvalue weighted by Crippen LogP contribution is -2.22. The third-order valence-corrected chi connectivity index (χ3v) is 3.20. The van der Waals surface area contributed by atoms with Crippen molar-refractivity contribution in [1.82, 2.24) is 19.5 Å². The molecule has 0 aliphatic carbocycles. The van der Waals surface area contributed by atoms with Gasteiger partial charge in [0.15, 0.2) is 16.3 Å². The Morgan fingerprint density at radius 3 is 2.38 bits per heavy atom. The second-order valence-corrected chi connectivity index (χ2v) is 4.30. The topological polar surface area (TPSA) is 60.7 Å². The van der Waals surface area contributed by atoms with Crippen molar-refractivity contribution in [3.63, 3.8) is 0 Å². The molecule has 0 bridgehead atoms. The van der Waals surface area contributed by atoms with Gasteiger partial charge in [0.1, 0.15) is 0 Å². The second kappa shape index (κ2) is 3.86. The Morgan fingerprint density at radius 1 is 1.12 bits per heavy atom. The summed E-state index contributed by atoms with van der Waals surface area (Å²) >= 11 is 1.42. The van der Waals surface area contributed by atoms with Gasteiger partial charge < -0.3 is 0 Å². The Balaban J connectivity index is 2.93. The summed E-state index contributed by atoms with van der Waals surface area (Å²) in [5.41, 5.74) is 2.19. The van der Waals surface area contributed by atoms with Crippen molar-refractivity contribution in [2.24, 2.45) is 7.05 Å². The van der Waals surface area contributed by atoms with E-state index in [-0.39, 0.29) is 5.56 Å². The van der Waals surface area contributed by atoms with Crippen LogP contribution in [0.1, 0.15) is 11.4 Å². The minimum Gasteiger partial charge on any atom is -0.289 e. The van der Waals surface area contributed by atoms with Gasteiger partial charge in [0.05, 0.1) is 11.4 Å². The molecule has 0 aliphatic rings. The first-order chi connectivity index (χ1) is 7.54. The normalized spacial score (nSPS) is 11.0. The van der Waals surface area contributed by atoms with Crippen LogP contribution in [-0.4, -0.2) is 25.8 Å². The lowest BCUT2D eigenvalue weighted by Gasteiger charge is -2.06. The zero-order valence-electron chi connectivity index (χ0n) is 9.61. The maximum absolute atomic E-state index is 12.0. The van der Waals surface area contributed by atoms with Gasteiger partial charge in [-0.25, -0.2) is 15.0 Å². The van der Waals surface area contributed by atoms with E-state index in [1.54, 1.807) is 7.05 Å². The monoisotopic (exact) mass is 236 g/mol. The molecule has 5 nitrogen and oxygen atoms in total. The van der Waals surface area contributed by atoms with Crippen LogP contribution in [0.15, 0.2) is 9.95 Å². The lowest BCUT2D eigenvalue weighted by molar-refractivity contribution is 0.720. The highest BCUT2D eigenvalue weighted by Gasteiger charge is 2.11. The molecule has 0 saturated heterocycles. The maximum atomic E-state index is 12.0. The molecule has 0 aliphatic heterocycles. The van der Waals surface area contributed by atoms with E-state index in [0.717, 1.165) is 11.4 Å². The minimum atomic E-state index is -0.148. The number of nitrogens with zero attached hydrogens (tertiary/aromatic N) is 4. The fourth-order valence-corrected chi connectivity index (χ4v) is 1.94. The van der Waals surface area contributed by atoms with E-state index < -0.39 is 0 Å². The van der Waals surface area contributed by atoms with Crippen molar-refractivity contribution in [2.75, 3.05) is 6.26 Å². The number of hydrogen-bond donors (Lipinski definition) is 0. The standard InChI is InChI=1S/C10H12N4OS/c1-5-6(2)12-8-7(11-5)9(15)14(3)10(13-8)16-4/h1-4H3. The van der Waals surface area contributed by atoms with Crippen molar-refractivity contribution < 1.29 is 0 Å². The SMILES string of the molecule is CSc1nc2nc(C)c(C)nc2c(=O)n1C. The zero-order chi connectivity index (χ0) is 11.9. The Bertz CT molecular complexity index is 620. The lowest BCUT2D eigenvalue weighted by atomic mass is 10.3. The molecule has 2 rings (SSSR count). The van der Waals surface area contributed by atoms with E-state index in [1.165, 1.54) is 16.3 Å². The Kier molecular flexibility index (Phi) is 2.67. The van der Waals surface area contributed by atoms with Crippen molar-refractivity contribution in [3.05, 3.63) is 21.7 Å². The fraction of sp³-hybridized carbons (Fsp3) is 0.400. The maximum Gasteiger partial charge on any atom is 0.282 e. The summed E-state index contributed by atoms with van der Waals surface area (Å²) in [6.07, 6.45) is 1.88. The summed E-state index contributed by atoms with van der Waals surface area (Å²) in [6.45, 7) is 3.70. The van der Waals surface area contributed by atoms with E-state index in [9.17, 15) is 4.79 Å². The summed E-state index contributed by atoms with van der Waals surface area (Å²) in [7, 11) is 1.69. The average Bonchev–Trinajstić information content (AvgIpc) is 2.26. The fourth-order valence-electron chi connectivity index (χ4n) is 1.41. The zero-order valence-corrected chi connectivity index (χ0v) is 10.4. The first kappa shape index (κ1) is 11.1.